The number of aromatic nitrogens is 2. The van der Waals surface area contributed by atoms with Gasteiger partial charge in [0.25, 0.3) is 0 Å². The Bertz CT molecular complexity index is 460. The molecule has 0 saturated carbocycles. The van der Waals surface area contributed by atoms with Gasteiger partial charge in [-0.05, 0) is 55.5 Å². The molecule has 0 radical (unpaired) electrons. The zero-order valence-electron chi connectivity index (χ0n) is 11.6. The van der Waals surface area contributed by atoms with Gasteiger partial charge in [0.15, 0.2) is 0 Å². The molecule has 3 nitrogen and oxygen atoms in total. The van der Waals surface area contributed by atoms with E-state index in [0.29, 0.717) is 17.5 Å². The van der Waals surface area contributed by atoms with Crippen LogP contribution in [-0.4, -0.2) is 32.1 Å². The first-order chi connectivity index (χ1) is 9.10. The normalized spacial score (nSPS) is 31.1. The van der Waals surface area contributed by atoms with Crippen LogP contribution in [0, 0.1) is 6.92 Å². The van der Waals surface area contributed by atoms with Crippen LogP contribution >= 0.6 is 27.5 Å². The maximum absolute atomic E-state index is 6.36. The van der Waals surface area contributed by atoms with Gasteiger partial charge in [0.05, 0.1) is 15.9 Å². The third kappa shape index (κ3) is 2.47. The van der Waals surface area contributed by atoms with Crippen molar-refractivity contribution in [1.82, 2.24) is 14.7 Å². The zero-order valence-corrected chi connectivity index (χ0v) is 13.9. The van der Waals surface area contributed by atoms with Gasteiger partial charge in [0.2, 0.25) is 0 Å². The van der Waals surface area contributed by atoms with Crippen LogP contribution in [0.3, 0.4) is 0 Å². The van der Waals surface area contributed by atoms with Crippen LogP contribution in [0.25, 0.3) is 0 Å². The van der Waals surface area contributed by atoms with Crippen molar-refractivity contribution in [2.75, 3.05) is 0 Å². The largest absolute Gasteiger partial charge is 0.291 e. The number of hydrogen-bond donors (Lipinski definition) is 0. The molecular formula is C14H21BrClN3. The lowest BCUT2D eigenvalue weighted by Crippen LogP contribution is -2.43. The number of rotatable bonds is 3. The van der Waals surface area contributed by atoms with E-state index in [-0.39, 0.29) is 0 Å². The summed E-state index contributed by atoms with van der Waals surface area (Å²) in [7, 11) is 0. The fraction of sp³-hybridized carbons (Fsp3) is 0.786. The predicted molar refractivity (Wildman–Crippen MR) is 81.6 cm³/mol. The molecule has 2 aliphatic heterocycles. The van der Waals surface area contributed by atoms with Gasteiger partial charge in [-0.2, -0.15) is 5.10 Å². The van der Waals surface area contributed by atoms with E-state index in [2.05, 4.69) is 44.5 Å². The number of halogens is 2. The average molecular weight is 347 g/mol. The number of nitrogens with zero attached hydrogens (tertiary/aromatic N) is 3. The van der Waals surface area contributed by atoms with Gasteiger partial charge in [0.1, 0.15) is 0 Å². The molecule has 0 aromatic carbocycles. The molecule has 1 aromatic rings. The lowest BCUT2D eigenvalue weighted by atomic mass is 10.0. The first-order valence-electron chi connectivity index (χ1n) is 7.21. The Kier molecular flexibility index (Phi) is 3.93. The molecule has 2 atom stereocenters. The molecule has 3 rings (SSSR count). The molecule has 0 aliphatic carbocycles. The Labute approximate surface area is 128 Å². The van der Waals surface area contributed by atoms with Gasteiger partial charge in [-0.15, -0.1) is 11.6 Å². The highest BCUT2D eigenvalue weighted by Gasteiger charge is 2.40. The minimum absolute atomic E-state index is 0.384. The molecule has 0 amide bonds. The molecule has 0 N–H and O–H groups in total. The van der Waals surface area contributed by atoms with Gasteiger partial charge in [-0.3, -0.25) is 9.58 Å². The summed E-state index contributed by atoms with van der Waals surface area (Å²) < 4.78 is 3.31. The second-order valence-corrected chi connectivity index (χ2v) is 7.20. The fourth-order valence-corrected chi connectivity index (χ4v) is 4.48. The summed E-state index contributed by atoms with van der Waals surface area (Å²) in [6.07, 6.45) is 4.92. The van der Waals surface area contributed by atoms with E-state index in [1.54, 1.807) is 0 Å². The van der Waals surface area contributed by atoms with Gasteiger partial charge in [0, 0.05) is 30.6 Å². The van der Waals surface area contributed by atoms with Crippen molar-refractivity contribution in [2.45, 2.75) is 70.1 Å². The quantitative estimate of drug-likeness (QED) is 0.778. The molecule has 2 aliphatic rings. The Hall–Kier alpha value is -0.0600. The minimum atomic E-state index is 0.384. The lowest BCUT2D eigenvalue weighted by molar-refractivity contribution is 0.130. The average Bonchev–Trinajstić information content (AvgIpc) is 2.78. The van der Waals surface area contributed by atoms with Crippen LogP contribution in [0.5, 0.6) is 0 Å². The number of fused-ring (bicyclic) bond motifs is 2. The first kappa shape index (κ1) is 13.9. The summed E-state index contributed by atoms with van der Waals surface area (Å²) >= 11 is 10.1. The van der Waals surface area contributed by atoms with Crippen molar-refractivity contribution < 1.29 is 0 Å². The SMILES string of the molecule is CCn1nc(C)c(Br)c1CN1C2CCC1CC(Cl)C2. The van der Waals surface area contributed by atoms with Gasteiger partial charge >= 0.3 is 0 Å². The van der Waals surface area contributed by atoms with Crippen LogP contribution in [0.4, 0.5) is 0 Å². The number of alkyl halides is 1. The third-order valence-electron chi connectivity index (χ3n) is 4.61. The second-order valence-electron chi connectivity index (χ2n) is 5.79. The number of aryl methyl sites for hydroxylation is 2. The summed E-state index contributed by atoms with van der Waals surface area (Å²) in [6, 6.07) is 1.35. The predicted octanol–water partition coefficient (Wildman–Crippen LogP) is 3.71. The van der Waals surface area contributed by atoms with Crippen LogP contribution in [0.2, 0.25) is 0 Å². The van der Waals surface area contributed by atoms with Gasteiger partial charge in [-0.25, -0.2) is 0 Å². The van der Waals surface area contributed by atoms with E-state index in [9.17, 15) is 0 Å². The highest BCUT2D eigenvalue weighted by Crippen LogP contribution is 2.39. The van der Waals surface area contributed by atoms with Crippen molar-refractivity contribution in [1.29, 1.82) is 0 Å². The van der Waals surface area contributed by atoms with E-state index < -0.39 is 0 Å². The molecule has 5 heteroatoms. The summed E-state index contributed by atoms with van der Waals surface area (Å²) in [6.45, 7) is 6.17. The Morgan fingerprint density at radius 2 is 1.95 bits per heavy atom. The minimum Gasteiger partial charge on any atom is -0.291 e. The van der Waals surface area contributed by atoms with Gasteiger partial charge < -0.3 is 0 Å². The molecule has 2 unspecified atom stereocenters. The maximum Gasteiger partial charge on any atom is 0.0739 e. The molecule has 106 valence electrons. The summed E-state index contributed by atoms with van der Waals surface area (Å²) in [5.74, 6) is 0. The zero-order chi connectivity index (χ0) is 13.6. The molecule has 2 saturated heterocycles. The summed E-state index contributed by atoms with van der Waals surface area (Å²) in [4.78, 5) is 2.66. The van der Waals surface area contributed by atoms with E-state index in [0.717, 1.165) is 31.6 Å². The summed E-state index contributed by atoms with van der Waals surface area (Å²) in [5, 5.41) is 4.98. The standard InChI is InChI=1S/C14H21BrClN3/c1-3-19-13(14(15)9(2)17-19)8-18-11-4-5-12(18)7-10(16)6-11/h10-12H,3-8H2,1-2H3. The Balaban J connectivity index is 1.82. The van der Waals surface area contributed by atoms with Crippen LogP contribution in [0.1, 0.15) is 44.0 Å². The molecule has 19 heavy (non-hydrogen) atoms. The van der Waals surface area contributed by atoms with Crippen molar-refractivity contribution in [3.05, 3.63) is 15.9 Å². The van der Waals surface area contributed by atoms with Crippen LogP contribution < -0.4 is 0 Å². The van der Waals surface area contributed by atoms with Crippen molar-refractivity contribution in [2.24, 2.45) is 0 Å². The van der Waals surface area contributed by atoms with E-state index in [1.807, 2.05) is 0 Å². The van der Waals surface area contributed by atoms with Crippen LogP contribution in [-0.2, 0) is 13.1 Å². The van der Waals surface area contributed by atoms with Crippen molar-refractivity contribution in [3.63, 3.8) is 0 Å². The third-order valence-corrected chi connectivity index (χ3v) is 6.00. The first-order valence-corrected chi connectivity index (χ1v) is 8.44. The van der Waals surface area contributed by atoms with E-state index in [4.69, 9.17) is 11.6 Å². The monoisotopic (exact) mass is 345 g/mol. The highest BCUT2D eigenvalue weighted by atomic mass is 79.9. The second kappa shape index (κ2) is 5.38. The number of piperidine rings is 1. The molecule has 2 fully saturated rings. The lowest BCUT2D eigenvalue weighted by Gasteiger charge is -2.37. The molecule has 3 heterocycles. The van der Waals surface area contributed by atoms with E-state index >= 15 is 0 Å². The van der Waals surface area contributed by atoms with Crippen molar-refractivity contribution >= 4 is 27.5 Å². The molecule has 1 aromatic heterocycles. The fourth-order valence-electron chi connectivity index (χ4n) is 3.66. The highest BCUT2D eigenvalue weighted by molar-refractivity contribution is 9.10. The smallest absolute Gasteiger partial charge is 0.0739 e. The Morgan fingerprint density at radius 1 is 1.32 bits per heavy atom. The van der Waals surface area contributed by atoms with Gasteiger partial charge in [-0.1, -0.05) is 0 Å². The Morgan fingerprint density at radius 3 is 2.53 bits per heavy atom. The van der Waals surface area contributed by atoms with Crippen molar-refractivity contribution in [3.8, 4) is 0 Å². The number of hydrogen-bond acceptors (Lipinski definition) is 2. The molecular weight excluding hydrogens is 326 g/mol. The van der Waals surface area contributed by atoms with Crippen LogP contribution in [0.15, 0.2) is 4.47 Å². The summed E-state index contributed by atoms with van der Waals surface area (Å²) in [5.41, 5.74) is 2.42. The van der Waals surface area contributed by atoms with E-state index in [1.165, 1.54) is 23.0 Å². The maximum atomic E-state index is 6.36. The molecule has 2 bridgehead atoms. The molecule has 0 spiro atoms. The topological polar surface area (TPSA) is 21.1 Å².